The van der Waals surface area contributed by atoms with Crippen LogP contribution in [0.5, 0.6) is 0 Å². The van der Waals surface area contributed by atoms with Gasteiger partial charge in [-0.05, 0) is 13.8 Å². The molecule has 0 aliphatic carbocycles. The van der Waals surface area contributed by atoms with Gasteiger partial charge in [0, 0.05) is 22.4 Å². The van der Waals surface area contributed by atoms with E-state index >= 15 is 0 Å². The Bertz CT molecular complexity index is 228. The fraction of sp³-hybridized carbons (Fsp3) is 0.625. The van der Waals surface area contributed by atoms with Crippen molar-refractivity contribution in [2.45, 2.75) is 20.4 Å². The summed E-state index contributed by atoms with van der Waals surface area (Å²) in [5.74, 6) is 0. The Morgan fingerprint density at radius 1 is 1.50 bits per heavy atom. The summed E-state index contributed by atoms with van der Waals surface area (Å²) < 4.78 is 1.15. The lowest BCUT2D eigenvalue weighted by Crippen LogP contribution is -2.15. The number of rotatable bonds is 4. The molecule has 12 heavy (non-hydrogen) atoms. The summed E-state index contributed by atoms with van der Waals surface area (Å²) in [6, 6.07) is 0. The van der Waals surface area contributed by atoms with Crippen LogP contribution >= 0.6 is 33.9 Å². The maximum atomic E-state index is 4.44. The van der Waals surface area contributed by atoms with Crippen LogP contribution in [0.2, 0.25) is 0 Å². The van der Waals surface area contributed by atoms with E-state index in [2.05, 4.69) is 46.7 Å². The average Bonchev–Trinajstić information content (AvgIpc) is 2.32. The Morgan fingerprint density at radius 3 is 2.75 bits per heavy atom. The van der Waals surface area contributed by atoms with Crippen LogP contribution in [-0.4, -0.2) is 16.0 Å². The smallest absolute Gasteiger partial charge is 0.107 e. The van der Waals surface area contributed by atoms with Crippen LogP contribution < -0.4 is 5.32 Å². The van der Waals surface area contributed by atoms with Crippen molar-refractivity contribution in [3.8, 4) is 0 Å². The van der Waals surface area contributed by atoms with Crippen molar-refractivity contribution in [2.24, 2.45) is 0 Å². The highest BCUT2D eigenvalue weighted by Crippen LogP contribution is 2.15. The summed E-state index contributed by atoms with van der Waals surface area (Å²) >= 11 is 4.15. The van der Waals surface area contributed by atoms with Crippen LogP contribution in [0, 0.1) is 13.8 Å². The van der Waals surface area contributed by atoms with Gasteiger partial charge >= 0.3 is 0 Å². The van der Waals surface area contributed by atoms with Gasteiger partial charge in [0.15, 0.2) is 0 Å². The van der Waals surface area contributed by atoms with Crippen LogP contribution in [0.25, 0.3) is 0 Å². The van der Waals surface area contributed by atoms with E-state index < -0.39 is 0 Å². The van der Waals surface area contributed by atoms with E-state index in [4.69, 9.17) is 0 Å². The number of halogens is 1. The number of aryl methyl sites for hydroxylation is 2. The van der Waals surface area contributed by atoms with Crippen molar-refractivity contribution >= 4 is 33.9 Å². The molecular formula is C8H13IN2S. The molecule has 68 valence electrons. The lowest BCUT2D eigenvalue weighted by Gasteiger charge is -1.96. The maximum absolute atomic E-state index is 4.44. The van der Waals surface area contributed by atoms with Gasteiger partial charge in [0.05, 0.1) is 5.69 Å². The minimum atomic E-state index is 0.919. The number of hydrogen-bond donors (Lipinski definition) is 1. The van der Waals surface area contributed by atoms with Gasteiger partial charge in [-0.2, -0.15) is 0 Å². The highest BCUT2D eigenvalue weighted by Gasteiger charge is 2.01. The molecule has 1 N–H and O–H groups in total. The quantitative estimate of drug-likeness (QED) is 0.524. The van der Waals surface area contributed by atoms with Crippen molar-refractivity contribution < 1.29 is 0 Å². The van der Waals surface area contributed by atoms with Gasteiger partial charge < -0.3 is 5.32 Å². The zero-order chi connectivity index (χ0) is 8.97. The molecule has 0 bridgehead atoms. The largest absolute Gasteiger partial charge is 0.310 e. The zero-order valence-electron chi connectivity index (χ0n) is 7.35. The Balaban J connectivity index is 2.42. The molecule has 0 unspecified atom stereocenters. The molecule has 0 aromatic carbocycles. The second kappa shape index (κ2) is 5.14. The molecule has 0 fully saturated rings. The van der Waals surface area contributed by atoms with Gasteiger partial charge in [-0.3, -0.25) is 0 Å². The van der Waals surface area contributed by atoms with E-state index in [1.54, 1.807) is 11.3 Å². The van der Waals surface area contributed by atoms with Gasteiger partial charge in [0.25, 0.3) is 0 Å². The Labute approximate surface area is 90.9 Å². The first-order chi connectivity index (χ1) is 5.74. The highest BCUT2D eigenvalue weighted by atomic mass is 127. The Kier molecular flexibility index (Phi) is 4.45. The number of alkyl halides is 1. The molecule has 0 aliphatic rings. The van der Waals surface area contributed by atoms with Crippen LogP contribution in [-0.2, 0) is 6.54 Å². The van der Waals surface area contributed by atoms with E-state index in [1.165, 1.54) is 15.6 Å². The third-order valence-corrected chi connectivity index (χ3v) is 3.23. The minimum absolute atomic E-state index is 0.919. The van der Waals surface area contributed by atoms with E-state index in [0.29, 0.717) is 0 Å². The standard InChI is InChI=1S/C8H13IN2S/c1-6-7(2)12-8(11-6)5-10-4-3-9/h10H,3-5H2,1-2H3. The number of aromatic nitrogens is 1. The molecule has 0 saturated heterocycles. The normalized spacial score (nSPS) is 10.6. The van der Waals surface area contributed by atoms with E-state index in [0.717, 1.165) is 17.5 Å². The second-order valence-corrected chi connectivity index (χ2v) is 4.98. The van der Waals surface area contributed by atoms with Gasteiger partial charge in [-0.1, -0.05) is 22.6 Å². The summed E-state index contributed by atoms with van der Waals surface area (Å²) in [5, 5.41) is 4.54. The number of thiazole rings is 1. The SMILES string of the molecule is Cc1nc(CNCCI)sc1C. The Morgan fingerprint density at radius 2 is 2.25 bits per heavy atom. The van der Waals surface area contributed by atoms with Gasteiger partial charge in [0.2, 0.25) is 0 Å². The van der Waals surface area contributed by atoms with Crippen LogP contribution in [0.1, 0.15) is 15.6 Å². The zero-order valence-corrected chi connectivity index (χ0v) is 10.3. The van der Waals surface area contributed by atoms with Crippen molar-refractivity contribution in [1.82, 2.24) is 10.3 Å². The topological polar surface area (TPSA) is 24.9 Å². The molecule has 0 spiro atoms. The van der Waals surface area contributed by atoms with Crippen molar-refractivity contribution in [3.05, 3.63) is 15.6 Å². The summed E-state index contributed by atoms with van der Waals surface area (Å²) in [7, 11) is 0. The van der Waals surface area contributed by atoms with Gasteiger partial charge in [0.1, 0.15) is 5.01 Å². The Hall–Kier alpha value is 0.320. The van der Waals surface area contributed by atoms with Crippen molar-refractivity contribution in [1.29, 1.82) is 0 Å². The molecule has 1 aromatic heterocycles. The van der Waals surface area contributed by atoms with E-state index in [9.17, 15) is 0 Å². The molecule has 1 rings (SSSR count). The summed E-state index contributed by atoms with van der Waals surface area (Å²) in [5.41, 5.74) is 1.17. The van der Waals surface area contributed by atoms with Crippen molar-refractivity contribution in [3.63, 3.8) is 0 Å². The molecule has 1 heterocycles. The summed E-state index contributed by atoms with van der Waals surface area (Å²) in [4.78, 5) is 5.77. The van der Waals surface area contributed by atoms with E-state index in [-0.39, 0.29) is 0 Å². The molecule has 2 nitrogen and oxygen atoms in total. The maximum Gasteiger partial charge on any atom is 0.107 e. The third kappa shape index (κ3) is 2.99. The highest BCUT2D eigenvalue weighted by molar-refractivity contribution is 14.1. The predicted octanol–water partition coefficient (Wildman–Crippen LogP) is 2.28. The van der Waals surface area contributed by atoms with Gasteiger partial charge in [-0.25, -0.2) is 4.98 Å². The first-order valence-corrected chi connectivity index (χ1v) is 6.28. The number of nitrogens with zero attached hydrogens (tertiary/aromatic N) is 1. The summed E-state index contributed by atoms with van der Waals surface area (Å²) in [6.07, 6.45) is 0. The van der Waals surface area contributed by atoms with Crippen molar-refractivity contribution in [2.75, 3.05) is 11.0 Å². The lowest BCUT2D eigenvalue weighted by molar-refractivity contribution is 0.730. The van der Waals surface area contributed by atoms with E-state index in [1.807, 2.05) is 0 Å². The molecule has 0 atom stereocenters. The first kappa shape index (κ1) is 10.4. The van der Waals surface area contributed by atoms with Gasteiger partial charge in [-0.15, -0.1) is 11.3 Å². The summed E-state index contributed by atoms with van der Waals surface area (Å²) in [6.45, 7) is 6.17. The molecular weight excluding hydrogens is 283 g/mol. The number of hydrogen-bond acceptors (Lipinski definition) is 3. The van der Waals surface area contributed by atoms with Crippen LogP contribution in [0.4, 0.5) is 0 Å². The molecule has 0 saturated carbocycles. The monoisotopic (exact) mass is 296 g/mol. The predicted molar refractivity (Wildman–Crippen MR) is 62.2 cm³/mol. The fourth-order valence-electron chi connectivity index (χ4n) is 0.877. The number of nitrogens with one attached hydrogen (secondary N) is 1. The second-order valence-electron chi connectivity index (χ2n) is 2.61. The third-order valence-electron chi connectivity index (χ3n) is 1.62. The molecule has 1 aromatic rings. The molecule has 0 aliphatic heterocycles. The molecule has 0 radical (unpaired) electrons. The molecule has 0 amide bonds. The fourth-order valence-corrected chi connectivity index (χ4v) is 2.16. The molecule has 4 heteroatoms. The van der Waals surface area contributed by atoms with Crippen LogP contribution in [0.15, 0.2) is 0 Å². The minimum Gasteiger partial charge on any atom is -0.310 e. The first-order valence-electron chi connectivity index (χ1n) is 3.93. The average molecular weight is 296 g/mol. The van der Waals surface area contributed by atoms with Crippen LogP contribution in [0.3, 0.4) is 0 Å². The lowest BCUT2D eigenvalue weighted by atomic mass is 10.4.